The van der Waals surface area contributed by atoms with E-state index in [4.69, 9.17) is 5.73 Å². The Morgan fingerprint density at radius 3 is 2.88 bits per heavy atom. The van der Waals surface area contributed by atoms with Crippen molar-refractivity contribution >= 4 is 27.3 Å². The Balaban J connectivity index is 2.10. The molecule has 1 aliphatic carbocycles. The van der Waals surface area contributed by atoms with Gasteiger partial charge in [0.15, 0.2) is 0 Å². The molecule has 2 unspecified atom stereocenters. The first-order valence-electron chi connectivity index (χ1n) is 6.23. The molecular weight excluding hydrogens is 296 g/mol. The molecule has 0 amide bonds. The van der Waals surface area contributed by atoms with E-state index >= 15 is 0 Å². The third-order valence-corrected chi connectivity index (χ3v) is 5.97. The molecule has 0 aromatic carbocycles. The van der Waals surface area contributed by atoms with E-state index in [9.17, 15) is 0 Å². The van der Waals surface area contributed by atoms with Crippen LogP contribution in [0.3, 0.4) is 0 Å². The lowest BCUT2D eigenvalue weighted by Gasteiger charge is -2.41. The minimum Gasteiger partial charge on any atom is -0.329 e. The van der Waals surface area contributed by atoms with E-state index < -0.39 is 0 Å². The third kappa shape index (κ3) is 2.60. The van der Waals surface area contributed by atoms with Gasteiger partial charge in [0.2, 0.25) is 0 Å². The second-order valence-corrected chi connectivity index (χ2v) is 7.10. The van der Waals surface area contributed by atoms with Crippen molar-refractivity contribution in [1.29, 1.82) is 0 Å². The Bertz CT molecular complexity index is 379. The molecule has 0 bridgehead atoms. The van der Waals surface area contributed by atoms with Crippen LogP contribution in [0.15, 0.2) is 15.9 Å². The number of hydrogen-bond acceptors (Lipinski definition) is 3. The molecule has 96 valence electrons. The molecule has 0 aliphatic heterocycles. The molecule has 0 spiro atoms. The van der Waals surface area contributed by atoms with Gasteiger partial charge < -0.3 is 5.73 Å². The number of hydrogen-bond donors (Lipinski definition) is 1. The Hall–Kier alpha value is 0.1000. The number of nitrogens with two attached hydrogens (primary N) is 1. The fourth-order valence-corrected chi connectivity index (χ4v) is 4.59. The maximum atomic E-state index is 6.07. The van der Waals surface area contributed by atoms with Crippen molar-refractivity contribution < 1.29 is 0 Å². The van der Waals surface area contributed by atoms with Gasteiger partial charge in [-0.2, -0.15) is 0 Å². The maximum Gasteiger partial charge on any atom is 0.0358 e. The van der Waals surface area contributed by atoms with Crippen LogP contribution in [0.1, 0.15) is 31.1 Å². The zero-order valence-electron chi connectivity index (χ0n) is 10.6. The normalized spacial score (nSPS) is 29.1. The highest BCUT2D eigenvalue weighted by Crippen LogP contribution is 2.39. The van der Waals surface area contributed by atoms with Crippen LogP contribution in [0.5, 0.6) is 0 Å². The number of nitrogens with zero attached hydrogens (tertiary/aromatic N) is 1. The molecule has 0 saturated heterocycles. The first-order valence-corrected chi connectivity index (χ1v) is 7.90. The monoisotopic (exact) mass is 316 g/mol. The summed E-state index contributed by atoms with van der Waals surface area (Å²) in [4.78, 5) is 3.88. The lowest BCUT2D eigenvalue weighted by Crippen LogP contribution is -2.53. The lowest BCUT2D eigenvalue weighted by molar-refractivity contribution is 0.0851. The summed E-state index contributed by atoms with van der Waals surface area (Å²) in [5.41, 5.74) is 6.29. The summed E-state index contributed by atoms with van der Waals surface area (Å²) in [6.07, 6.45) is 3.88. The van der Waals surface area contributed by atoms with Crippen molar-refractivity contribution in [3.63, 3.8) is 0 Å². The number of rotatable bonds is 4. The molecule has 0 radical (unpaired) electrons. The summed E-state index contributed by atoms with van der Waals surface area (Å²) in [6.45, 7) is 4.13. The highest BCUT2D eigenvalue weighted by molar-refractivity contribution is 9.10. The van der Waals surface area contributed by atoms with Crippen molar-refractivity contribution in [1.82, 2.24) is 4.90 Å². The van der Waals surface area contributed by atoms with Crippen molar-refractivity contribution in [3.8, 4) is 0 Å². The topological polar surface area (TPSA) is 29.3 Å². The van der Waals surface area contributed by atoms with Crippen LogP contribution in [0.4, 0.5) is 0 Å². The van der Waals surface area contributed by atoms with Gasteiger partial charge in [-0.05, 0) is 47.8 Å². The molecule has 1 saturated carbocycles. The molecule has 2 N–H and O–H groups in total. The van der Waals surface area contributed by atoms with E-state index in [-0.39, 0.29) is 5.54 Å². The van der Waals surface area contributed by atoms with Crippen molar-refractivity contribution in [3.05, 3.63) is 20.8 Å². The molecule has 1 heterocycles. The Morgan fingerprint density at radius 2 is 2.41 bits per heavy atom. The van der Waals surface area contributed by atoms with Crippen LogP contribution in [0, 0.1) is 5.92 Å². The molecule has 1 aromatic rings. The third-order valence-electron chi connectivity index (χ3n) is 4.29. The van der Waals surface area contributed by atoms with Gasteiger partial charge in [0.05, 0.1) is 0 Å². The summed E-state index contributed by atoms with van der Waals surface area (Å²) in [5.74, 6) is 0.709. The van der Waals surface area contributed by atoms with Crippen LogP contribution in [-0.4, -0.2) is 24.0 Å². The second-order valence-electron chi connectivity index (χ2n) is 5.19. The highest BCUT2D eigenvalue weighted by Gasteiger charge is 2.42. The van der Waals surface area contributed by atoms with E-state index in [0.717, 1.165) is 13.1 Å². The van der Waals surface area contributed by atoms with Gasteiger partial charge >= 0.3 is 0 Å². The molecule has 4 heteroatoms. The summed E-state index contributed by atoms with van der Waals surface area (Å²) in [5, 5.41) is 2.15. The molecular formula is C13H21BrN2S. The highest BCUT2D eigenvalue weighted by atomic mass is 79.9. The Labute approximate surface area is 116 Å². The smallest absolute Gasteiger partial charge is 0.0358 e. The number of thiophene rings is 1. The SMILES string of the molecule is CC1CCCC1(CN)N(C)Cc1cc(Br)cs1. The van der Waals surface area contributed by atoms with Gasteiger partial charge in [-0.1, -0.05) is 13.3 Å². The van der Waals surface area contributed by atoms with E-state index in [1.54, 1.807) is 0 Å². The summed E-state index contributed by atoms with van der Waals surface area (Å²) in [6, 6.07) is 2.21. The quantitative estimate of drug-likeness (QED) is 0.921. The van der Waals surface area contributed by atoms with E-state index in [1.165, 1.54) is 28.6 Å². The van der Waals surface area contributed by atoms with Gasteiger partial charge in [0, 0.05) is 33.4 Å². The van der Waals surface area contributed by atoms with Crippen molar-refractivity contribution in [2.24, 2.45) is 11.7 Å². The van der Waals surface area contributed by atoms with Gasteiger partial charge in [-0.25, -0.2) is 0 Å². The molecule has 1 aliphatic rings. The Kier molecular flexibility index (Phi) is 4.29. The van der Waals surface area contributed by atoms with Gasteiger partial charge in [0.1, 0.15) is 0 Å². The maximum absolute atomic E-state index is 6.07. The average molecular weight is 317 g/mol. The number of halogens is 1. The average Bonchev–Trinajstić information content (AvgIpc) is 2.86. The van der Waals surface area contributed by atoms with Crippen LogP contribution < -0.4 is 5.73 Å². The fraction of sp³-hybridized carbons (Fsp3) is 0.692. The summed E-state index contributed by atoms with van der Waals surface area (Å²) < 4.78 is 1.19. The first kappa shape index (κ1) is 13.5. The predicted molar refractivity (Wildman–Crippen MR) is 78.3 cm³/mol. The van der Waals surface area contributed by atoms with Gasteiger partial charge in [-0.3, -0.25) is 4.90 Å². The summed E-state index contributed by atoms with van der Waals surface area (Å²) in [7, 11) is 2.22. The molecule has 2 atom stereocenters. The molecule has 2 rings (SSSR count). The van der Waals surface area contributed by atoms with Crippen LogP contribution in [0.25, 0.3) is 0 Å². The first-order chi connectivity index (χ1) is 8.08. The largest absolute Gasteiger partial charge is 0.329 e. The van der Waals surface area contributed by atoms with E-state index in [1.807, 2.05) is 11.3 Å². The van der Waals surface area contributed by atoms with E-state index in [2.05, 4.69) is 46.2 Å². The van der Waals surface area contributed by atoms with Gasteiger partial charge in [-0.15, -0.1) is 11.3 Å². The predicted octanol–water partition coefficient (Wildman–Crippen LogP) is 3.46. The second kappa shape index (κ2) is 5.39. The zero-order valence-corrected chi connectivity index (χ0v) is 13.0. The minimum absolute atomic E-state index is 0.219. The standard InChI is InChI=1S/C13H21BrN2S/c1-10-4-3-5-13(10,9-15)16(2)7-12-6-11(14)8-17-12/h6,8,10H,3-5,7,9,15H2,1-2H3. The molecule has 1 aromatic heterocycles. The molecule has 2 nitrogen and oxygen atoms in total. The van der Waals surface area contributed by atoms with Gasteiger partial charge in [0.25, 0.3) is 0 Å². The lowest BCUT2D eigenvalue weighted by atomic mass is 9.86. The minimum atomic E-state index is 0.219. The molecule has 1 fully saturated rings. The fourth-order valence-electron chi connectivity index (χ4n) is 3.08. The Morgan fingerprint density at radius 1 is 1.65 bits per heavy atom. The molecule has 17 heavy (non-hydrogen) atoms. The zero-order chi connectivity index (χ0) is 12.5. The van der Waals surface area contributed by atoms with Crippen molar-refractivity contribution in [2.75, 3.05) is 13.6 Å². The van der Waals surface area contributed by atoms with Crippen LogP contribution >= 0.6 is 27.3 Å². The van der Waals surface area contributed by atoms with Crippen LogP contribution in [-0.2, 0) is 6.54 Å². The summed E-state index contributed by atoms with van der Waals surface area (Å²) >= 11 is 5.33. The van der Waals surface area contributed by atoms with Crippen molar-refractivity contribution in [2.45, 2.75) is 38.3 Å². The van der Waals surface area contributed by atoms with E-state index in [0.29, 0.717) is 5.92 Å². The van der Waals surface area contributed by atoms with Crippen LogP contribution in [0.2, 0.25) is 0 Å². The number of likely N-dealkylation sites (N-methyl/N-ethyl adjacent to an activating group) is 1.